The molecule has 0 saturated heterocycles. The van der Waals surface area contributed by atoms with Crippen LogP contribution in [-0.2, 0) is 9.63 Å². The fourth-order valence-electron chi connectivity index (χ4n) is 1.20. The molecule has 1 aromatic carbocycles. The van der Waals surface area contributed by atoms with E-state index in [1.165, 1.54) is 25.9 Å². The fourth-order valence-corrected chi connectivity index (χ4v) is 1.20. The van der Waals surface area contributed by atoms with E-state index in [0.717, 1.165) is 5.06 Å². The molecule has 18 heavy (non-hydrogen) atoms. The summed E-state index contributed by atoms with van der Waals surface area (Å²) in [6.07, 6.45) is -0.632. The minimum Gasteiger partial charge on any atom is -0.480 e. The highest BCUT2D eigenvalue weighted by Crippen LogP contribution is 2.17. The first-order chi connectivity index (χ1) is 8.43. The van der Waals surface area contributed by atoms with Crippen molar-refractivity contribution in [3.8, 4) is 0 Å². The molecule has 1 unspecified atom stereocenters. The Morgan fingerprint density at radius 3 is 2.22 bits per heavy atom. The molecule has 0 saturated carbocycles. The van der Waals surface area contributed by atoms with Crippen molar-refractivity contribution in [2.24, 2.45) is 0 Å². The number of para-hydroxylation sites is 1. The molecule has 0 aliphatic rings. The molecule has 1 atom stereocenters. The van der Waals surface area contributed by atoms with Crippen molar-refractivity contribution < 1.29 is 19.5 Å². The van der Waals surface area contributed by atoms with E-state index in [0.29, 0.717) is 5.69 Å². The van der Waals surface area contributed by atoms with Crippen LogP contribution in [-0.4, -0.2) is 42.2 Å². The molecule has 98 valence electrons. The molecule has 6 heteroatoms. The van der Waals surface area contributed by atoms with E-state index < -0.39 is 18.1 Å². The van der Waals surface area contributed by atoms with Gasteiger partial charge < -0.3 is 14.8 Å². The molecule has 0 bridgehead atoms. The number of aliphatic carboxylic acids is 1. The number of rotatable bonds is 4. The van der Waals surface area contributed by atoms with Crippen molar-refractivity contribution in [2.75, 3.05) is 19.2 Å². The van der Waals surface area contributed by atoms with Gasteiger partial charge in [0.15, 0.2) is 6.04 Å². The number of carbonyl (C=O) groups excluding carboxylic acids is 1. The largest absolute Gasteiger partial charge is 0.480 e. The van der Waals surface area contributed by atoms with Gasteiger partial charge in [-0.05, 0) is 19.1 Å². The van der Waals surface area contributed by atoms with Gasteiger partial charge in [0, 0.05) is 14.1 Å². The number of carbonyl (C=O) groups is 2. The molecule has 0 aliphatic heterocycles. The van der Waals surface area contributed by atoms with Gasteiger partial charge in [-0.3, -0.25) is 0 Å². The molecule has 1 aromatic rings. The Kier molecular flexibility index (Phi) is 4.53. The number of hydrogen-bond donors (Lipinski definition) is 1. The van der Waals surface area contributed by atoms with Crippen LogP contribution >= 0.6 is 0 Å². The molecule has 0 aliphatic carbocycles. The van der Waals surface area contributed by atoms with Crippen LogP contribution in [0.25, 0.3) is 0 Å². The first-order valence-electron chi connectivity index (χ1n) is 5.40. The normalized spacial score (nSPS) is 11.5. The maximum atomic E-state index is 11.5. The molecular weight excluding hydrogens is 236 g/mol. The summed E-state index contributed by atoms with van der Waals surface area (Å²) in [5, 5.41) is 10.1. The average Bonchev–Trinajstić information content (AvgIpc) is 2.35. The first-order valence-corrected chi connectivity index (χ1v) is 5.40. The number of carboxylic acids is 1. The maximum Gasteiger partial charge on any atom is 0.433 e. The van der Waals surface area contributed by atoms with Gasteiger partial charge >= 0.3 is 12.1 Å². The lowest BCUT2D eigenvalue weighted by atomic mass is 10.2. The summed E-state index contributed by atoms with van der Waals surface area (Å²) in [6.45, 7) is 1.44. The fraction of sp³-hybridized carbons (Fsp3) is 0.333. The van der Waals surface area contributed by atoms with Crippen molar-refractivity contribution in [3.05, 3.63) is 30.3 Å². The molecule has 0 heterocycles. The third-order valence-corrected chi connectivity index (χ3v) is 2.26. The van der Waals surface area contributed by atoms with Gasteiger partial charge in [0.05, 0.1) is 5.69 Å². The molecule has 0 fully saturated rings. The summed E-state index contributed by atoms with van der Waals surface area (Å²) in [5.74, 6) is -1.08. The zero-order chi connectivity index (χ0) is 13.7. The smallest absolute Gasteiger partial charge is 0.433 e. The second-order valence-corrected chi connectivity index (χ2v) is 3.93. The minimum absolute atomic E-state index is 0.502. The second kappa shape index (κ2) is 5.90. The summed E-state index contributed by atoms with van der Waals surface area (Å²) in [6, 6.07) is 7.63. The van der Waals surface area contributed by atoms with E-state index in [1.54, 1.807) is 30.3 Å². The van der Waals surface area contributed by atoms with E-state index >= 15 is 0 Å². The summed E-state index contributed by atoms with van der Waals surface area (Å²) < 4.78 is 0. The molecule has 0 aromatic heterocycles. The third kappa shape index (κ3) is 3.38. The van der Waals surface area contributed by atoms with E-state index in [4.69, 9.17) is 9.94 Å². The highest BCUT2D eigenvalue weighted by atomic mass is 16.7. The maximum absolute atomic E-state index is 11.5. The van der Waals surface area contributed by atoms with Crippen molar-refractivity contribution in [2.45, 2.75) is 13.0 Å². The topological polar surface area (TPSA) is 70.1 Å². The number of hydroxylamine groups is 1. The number of amides is 1. The molecule has 1 rings (SSSR count). The van der Waals surface area contributed by atoms with Crippen LogP contribution in [0.4, 0.5) is 10.5 Å². The third-order valence-electron chi connectivity index (χ3n) is 2.26. The van der Waals surface area contributed by atoms with Gasteiger partial charge in [-0.25, -0.2) is 9.59 Å². The summed E-state index contributed by atoms with van der Waals surface area (Å²) in [5.41, 5.74) is 0.502. The summed E-state index contributed by atoms with van der Waals surface area (Å²) in [7, 11) is 3.05. The van der Waals surface area contributed by atoms with Crippen molar-refractivity contribution in [1.82, 2.24) is 4.90 Å². The van der Waals surface area contributed by atoms with Crippen molar-refractivity contribution in [3.63, 3.8) is 0 Å². The van der Waals surface area contributed by atoms with Gasteiger partial charge in [-0.15, -0.1) is 0 Å². The Balaban J connectivity index is 2.96. The molecule has 1 N–H and O–H groups in total. The van der Waals surface area contributed by atoms with Crippen LogP contribution in [0.3, 0.4) is 0 Å². The number of carboxylic acid groups (broad SMARTS) is 1. The Morgan fingerprint density at radius 2 is 1.78 bits per heavy atom. The lowest BCUT2D eigenvalue weighted by Crippen LogP contribution is -2.42. The zero-order valence-electron chi connectivity index (χ0n) is 10.5. The number of benzene rings is 1. The molecule has 6 nitrogen and oxygen atoms in total. The lowest BCUT2D eigenvalue weighted by molar-refractivity contribution is -0.139. The molecule has 0 radical (unpaired) electrons. The number of hydrogen-bond acceptors (Lipinski definition) is 4. The van der Waals surface area contributed by atoms with E-state index in [2.05, 4.69) is 0 Å². The van der Waals surface area contributed by atoms with Gasteiger partial charge in [-0.1, -0.05) is 18.2 Å². The van der Waals surface area contributed by atoms with Crippen LogP contribution in [0.2, 0.25) is 0 Å². The van der Waals surface area contributed by atoms with Crippen LogP contribution in [0.15, 0.2) is 30.3 Å². The molecular formula is C12H16N2O4. The predicted molar refractivity (Wildman–Crippen MR) is 66.2 cm³/mol. The predicted octanol–water partition coefficient (Wildman–Crippen LogP) is 1.58. The lowest BCUT2D eigenvalue weighted by Gasteiger charge is -2.27. The highest BCUT2D eigenvalue weighted by molar-refractivity contribution is 5.78. The highest BCUT2D eigenvalue weighted by Gasteiger charge is 2.25. The Bertz CT molecular complexity index is 419. The van der Waals surface area contributed by atoms with Gasteiger partial charge in [0.25, 0.3) is 0 Å². The molecule has 0 spiro atoms. The Morgan fingerprint density at radius 1 is 1.22 bits per heavy atom. The quantitative estimate of drug-likeness (QED) is 0.824. The number of nitrogens with zero attached hydrogens (tertiary/aromatic N) is 2. The number of anilines is 1. The standard InChI is InChI=1S/C12H16N2O4/c1-9(11(15)16)14(18-12(17)13(2)3)10-7-5-4-6-8-10/h4-9H,1-3H3,(H,15,16). The van der Waals surface area contributed by atoms with Crippen LogP contribution in [0.1, 0.15) is 6.92 Å². The van der Waals surface area contributed by atoms with Gasteiger partial charge in [-0.2, -0.15) is 5.06 Å². The van der Waals surface area contributed by atoms with Crippen molar-refractivity contribution in [1.29, 1.82) is 0 Å². The monoisotopic (exact) mass is 252 g/mol. The Hall–Kier alpha value is -2.24. The second-order valence-electron chi connectivity index (χ2n) is 3.93. The minimum atomic E-state index is -1.08. The van der Waals surface area contributed by atoms with Crippen molar-refractivity contribution >= 4 is 17.7 Å². The zero-order valence-corrected chi connectivity index (χ0v) is 10.5. The molecule has 1 amide bonds. The van der Waals surface area contributed by atoms with E-state index in [1.807, 2.05) is 0 Å². The van der Waals surface area contributed by atoms with Crippen LogP contribution in [0, 0.1) is 0 Å². The SMILES string of the molecule is CC(C(=O)O)N(OC(=O)N(C)C)c1ccccc1. The van der Waals surface area contributed by atoms with Crippen LogP contribution < -0.4 is 5.06 Å². The average molecular weight is 252 g/mol. The summed E-state index contributed by atoms with van der Waals surface area (Å²) >= 11 is 0. The summed E-state index contributed by atoms with van der Waals surface area (Å²) in [4.78, 5) is 28.8. The first kappa shape index (κ1) is 13.8. The van der Waals surface area contributed by atoms with E-state index in [-0.39, 0.29) is 0 Å². The van der Waals surface area contributed by atoms with Gasteiger partial charge in [0.1, 0.15) is 0 Å². The van der Waals surface area contributed by atoms with Crippen LogP contribution in [0.5, 0.6) is 0 Å². The Labute approximate surface area is 105 Å². The van der Waals surface area contributed by atoms with Gasteiger partial charge in [0.2, 0.25) is 0 Å². The van der Waals surface area contributed by atoms with E-state index in [9.17, 15) is 9.59 Å².